The predicted octanol–water partition coefficient (Wildman–Crippen LogP) is 7.07. The summed E-state index contributed by atoms with van der Waals surface area (Å²) in [5, 5.41) is 14.7. The number of benzene rings is 2. The highest BCUT2D eigenvalue weighted by molar-refractivity contribution is 6.76. The molecule has 0 radical (unpaired) electrons. The Kier molecular flexibility index (Phi) is 7.34. The van der Waals surface area contributed by atoms with Gasteiger partial charge in [-0.2, -0.15) is 5.10 Å². The molecule has 2 aromatic heterocycles. The van der Waals surface area contributed by atoms with Gasteiger partial charge in [0.25, 0.3) is 6.43 Å². The van der Waals surface area contributed by atoms with E-state index >= 15 is 0 Å². The van der Waals surface area contributed by atoms with Crippen LogP contribution in [-0.4, -0.2) is 46.6 Å². The molecule has 0 aliphatic carbocycles. The number of aromatic nitrogens is 3. The molecule has 5 rings (SSSR count). The van der Waals surface area contributed by atoms with E-state index in [-0.39, 0.29) is 17.9 Å². The Morgan fingerprint density at radius 3 is 2.64 bits per heavy atom. The largest absolute Gasteiger partial charge is 0.478 e. The number of carbonyl (C=O) groups is 1. The lowest BCUT2D eigenvalue weighted by Gasteiger charge is -2.32. The Morgan fingerprint density at radius 1 is 1.18 bits per heavy atom. The van der Waals surface area contributed by atoms with Gasteiger partial charge in [-0.15, -0.1) is 0 Å². The Labute approximate surface area is 227 Å². The van der Waals surface area contributed by atoms with Gasteiger partial charge in [-0.05, 0) is 60.3 Å². The van der Waals surface area contributed by atoms with Gasteiger partial charge in [-0.25, -0.2) is 13.6 Å². The van der Waals surface area contributed by atoms with E-state index < -0.39 is 20.5 Å². The summed E-state index contributed by atoms with van der Waals surface area (Å²) in [4.78, 5) is 14.1. The number of aryl methyl sites for hydroxylation is 2. The molecule has 1 aliphatic rings. The van der Waals surface area contributed by atoms with Crippen molar-refractivity contribution >= 4 is 36.3 Å². The molecule has 3 heterocycles. The molecule has 0 atom stereocenters. The first kappa shape index (κ1) is 27.1. The molecule has 7 nitrogen and oxygen atoms in total. The average molecular weight is 553 g/mol. The van der Waals surface area contributed by atoms with Crippen LogP contribution in [0.5, 0.6) is 0 Å². The van der Waals surface area contributed by atoms with E-state index in [9.17, 15) is 18.7 Å². The van der Waals surface area contributed by atoms with Gasteiger partial charge in [-0.3, -0.25) is 4.68 Å². The van der Waals surface area contributed by atoms with Crippen LogP contribution >= 0.6 is 0 Å². The fourth-order valence-corrected chi connectivity index (χ4v) is 5.94. The minimum atomic E-state index is -2.65. The third-order valence-electron chi connectivity index (χ3n) is 7.25. The van der Waals surface area contributed by atoms with E-state index in [0.717, 1.165) is 41.3 Å². The van der Waals surface area contributed by atoms with Gasteiger partial charge in [0.1, 0.15) is 6.73 Å². The SMILES string of the molecule is Cn1cc(-c2cc3c(cc2C(F)F)N(c2ccc4c(c2)c(C(=O)O)cn4COCC[Si](C)(C)C)CCC3)cn1. The van der Waals surface area contributed by atoms with Gasteiger partial charge in [0, 0.05) is 68.6 Å². The monoisotopic (exact) mass is 552 g/mol. The standard InChI is InChI=1S/C29H34F2N4O3Si/c1-33-16-20(15-32-33)22-12-19-6-5-9-35(27(19)14-24(22)28(30)31)21-7-8-26-23(13-21)25(29(36)37)17-34(26)18-38-10-11-39(2,3)4/h7-8,12-17,28H,5-6,9-11,18H2,1-4H3,(H,36,37). The molecule has 2 aromatic carbocycles. The second-order valence-corrected chi connectivity index (χ2v) is 17.0. The normalized spacial score (nSPS) is 13.9. The maximum absolute atomic E-state index is 14.2. The molecular formula is C29H34F2N4O3Si. The number of anilines is 2. The van der Waals surface area contributed by atoms with Gasteiger partial charge < -0.3 is 19.3 Å². The van der Waals surface area contributed by atoms with Crippen LogP contribution in [0.1, 0.15) is 34.3 Å². The second-order valence-electron chi connectivity index (χ2n) is 11.4. The van der Waals surface area contributed by atoms with E-state index in [4.69, 9.17) is 4.74 Å². The number of carboxylic acids is 1. The maximum Gasteiger partial charge on any atom is 0.337 e. The number of alkyl halides is 2. The second kappa shape index (κ2) is 10.6. The average Bonchev–Trinajstić information content (AvgIpc) is 3.48. The summed E-state index contributed by atoms with van der Waals surface area (Å²) >= 11 is 0. The van der Waals surface area contributed by atoms with Crippen molar-refractivity contribution in [3.8, 4) is 11.1 Å². The summed E-state index contributed by atoms with van der Waals surface area (Å²) in [6.07, 6.45) is 3.94. The molecule has 1 N–H and O–H groups in total. The minimum Gasteiger partial charge on any atom is -0.478 e. The highest BCUT2D eigenvalue weighted by Gasteiger charge is 2.26. The van der Waals surface area contributed by atoms with Crippen LogP contribution < -0.4 is 4.90 Å². The van der Waals surface area contributed by atoms with Crippen molar-refractivity contribution in [2.75, 3.05) is 18.1 Å². The molecule has 4 aromatic rings. The molecule has 0 saturated carbocycles. The van der Waals surface area contributed by atoms with Crippen LogP contribution in [0.15, 0.2) is 48.9 Å². The van der Waals surface area contributed by atoms with Crippen molar-refractivity contribution in [3.63, 3.8) is 0 Å². The highest BCUT2D eigenvalue weighted by atomic mass is 28.3. The molecule has 39 heavy (non-hydrogen) atoms. The third-order valence-corrected chi connectivity index (χ3v) is 8.96. The van der Waals surface area contributed by atoms with Gasteiger partial charge in [0.15, 0.2) is 0 Å². The topological polar surface area (TPSA) is 72.5 Å². The number of aromatic carboxylic acids is 1. The van der Waals surface area contributed by atoms with Crippen LogP contribution in [0.25, 0.3) is 22.0 Å². The van der Waals surface area contributed by atoms with E-state index in [1.807, 2.05) is 33.7 Å². The molecule has 206 valence electrons. The first-order valence-electron chi connectivity index (χ1n) is 13.2. The summed E-state index contributed by atoms with van der Waals surface area (Å²) < 4.78 is 37.8. The van der Waals surface area contributed by atoms with Crippen molar-refractivity contribution in [2.24, 2.45) is 7.05 Å². The zero-order chi connectivity index (χ0) is 27.9. The Bertz CT molecular complexity index is 1520. The molecular weight excluding hydrogens is 518 g/mol. The molecule has 1 aliphatic heterocycles. The molecule has 0 unspecified atom stereocenters. The van der Waals surface area contributed by atoms with Gasteiger partial charge in [0.2, 0.25) is 0 Å². The smallest absolute Gasteiger partial charge is 0.337 e. The Morgan fingerprint density at radius 2 is 1.97 bits per heavy atom. The van der Waals surface area contributed by atoms with Crippen molar-refractivity contribution in [1.29, 1.82) is 0 Å². The summed E-state index contributed by atoms with van der Waals surface area (Å²) in [5.74, 6) is -1.02. The van der Waals surface area contributed by atoms with Crippen LogP contribution in [-0.2, 0) is 24.9 Å². The number of rotatable bonds is 9. The molecule has 0 bridgehead atoms. The molecule has 10 heteroatoms. The fraction of sp³-hybridized carbons (Fsp3) is 0.379. The summed E-state index contributed by atoms with van der Waals surface area (Å²) in [6.45, 7) is 8.41. The van der Waals surface area contributed by atoms with Crippen LogP contribution in [0, 0.1) is 0 Å². The van der Waals surface area contributed by atoms with E-state index in [0.29, 0.717) is 29.7 Å². The first-order valence-corrected chi connectivity index (χ1v) is 16.9. The molecule has 0 fully saturated rings. The lowest BCUT2D eigenvalue weighted by atomic mass is 9.92. The van der Waals surface area contributed by atoms with Gasteiger partial charge >= 0.3 is 5.97 Å². The number of fused-ring (bicyclic) bond motifs is 2. The quantitative estimate of drug-likeness (QED) is 0.178. The van der Waals surface area contributed by atoms with E-state index in [2.05, 4.69) is 24.7 Å². The summed E-state index contributed by atoms with van der Waals surface area (Å²) in [6, 6.07) is 10.1. The maximum atomic E-state index is 14.2. The fourth-order valence-electron chi connectivity index (χ4n) is 5.18. The van der Waals surface area contributed by atoms with E-state index in [1.54, 1.807) is 36.4 Å². The number of ether oxygens (including phenoxy) is 1. The van der Waals surface area contributed by atoms with Crippen molar-refractivity contribution < 1.29 is 23.4 Å². The predicted molar refractivity (Wildman–Crippen MR) is 152 cm³/mol. The zero-order valence-corrected chi connectivity index (χ0v) is 23.7. The minimum absolute atomic E-state index is 0.0393. The summed E-state index contributed by atoms with van der Waals surface area (Å²) in [5.41, 5.74) is 4.56. The van der Waals surface area contributed by atoms with Gasteiger partial charge in [-0.1, -0.05) is 19.6 Å². The number of carboxylic acid groups (broad SMARTS) is 1. The van der Waals surface area contributed by atoms with Crippen LogP contribution in [0.2, 0.25) is 25.7 Å². The molecule has 0 amide bonds. The molecule has 0 spiro atoms. The van der Waals surface area contributed by atoms with E-state index in [1.165, 1.54) is 0 Å². The van der Waals surface area contributed by atoms with Gasteiger partial charge in [0.05, 0.1) is 17.3 Å². The van der Waals surface area contributed by atoms with Crippen molar-refractivity contribution in [1.82, 2.24) is 14.3 Å². The molecule has 0 saturated heterocycles. The highest BCUT2D eigenvalue weighted by Crippen LogP contribution is 2.42. The Hall–Kier alpha value is -3.50. The summed E-state index contributed by atoms with van der Waals surface area (Å²) in [7, 11) is 0.528. The first-order chi connectivity index (χ1) is 18.5. The number of halogens is 2. The zero-order valence-electron chi connectivity index (χ0n) is 22.7. The van der Waals surface area contributed by atoms with Crippen LogP contribution in [0.3, 0.4) is 0 Å². The van der Waals surface area contributed by atoms with Crippen LogP contribution in [0.4, 0.5) is 20.2 Å². The lowest BCUT2D eigenvalue weighted by Crippen LogP contribution is -2.25. The number of nitrogens with zero attached hydrogens (tertiary/aromatic N) is 4. The number of hydrogen-bond donors (Lipinski definition) is 1. The van der Waals surface area contributed by atoms with Crippen molar-refractivity contribution in [2.45, 2.75) is 51.7 Å². The number of hydrogen-bond acceptors (Lipinski definition) is 4. The third kappa shape index (κ3) is 5.62. The lowest BCUT2D eigenvalue weighted by molar-refractivity contribution is 0.0696. The van der Waals surface area contributed by atoms with Crippen molar-refractivity contribution in [3.05, 3.63) is 65.6 Å². The Balaban J connectivity index is 1.51.